The molecule has 19 heavy (non-hydrogen) atoms. The largest absolute Gasteiger partial charge is 0.477 e. The van der Waals surface area contributed by atoms with Crippen LogP contribution in [0, 0.1) is 5.92 Å². The normalized spacial score (nSPS) is 10.5. The number of benzene rings is 1. The number of aromatic nitrogens is 2. The molecule has 0 radical (unpaired) electrons. The van der Waals surface area contributed by atoms with E-state index in [0.29, 0.717) is 24.3 Å². The molecule has 0 amide bonds. The zero-order valence-electron chi connectivity index (χ0n) is 11.2. The first-order chi connectivity index (χ1) is 9.24. The first-order valence-electron chi connectivity index (χ1n) is 6.43. The number of hydrogen-bond donors (Lipinski definition) is 0. The maximum Gasteiger partial charge on any atom is 0.239 e. The second kappa shape index (κ2) is 6.73. The zero-order valence-corrected chi connectivity index (χ0v) is 11.2. The lowest BCUT2D eigenvalue weighted by atomic mass is 10.1. The molecule has 0 spiro atoms. The third kappa shape index (κ3) is 4.58. The van der Waals surface area contributed by atoms with Crippen molar-refractivity contribution in [3.8, 4) is 17.5 Å². The molecule has 0 bridgehead atoms. The van der Waals surface area contributed by atoms with Crippen molar-refractivity contribution < 1.29 is 9.47 Å². The van der Waals surface area contributed by atoms with Crippen LogP contribution >= 0.6 is 0 Å². The average molecular weight is 258 g/mol. The Kier molecular flexibility index (Phi) is 4.72. The van der Waals surface area contributed by atoms with E-state index in [-0.39, 0.29) is 0 Å². The molecular formula is C15H18N2O2. The maximum absolute atomic E-state index is 5.55. The van der Waals surface area contributed by atoms with Gasteiger partial charge in [0.2, 0.25) is 11.8 Å². The van der Waals surface area contributed by atoms with Gasteiger partial charge in [-0.3, -0.25) is 0 Å². The minimum atomic E-state index is 0.461. The molecule has 0 fully saturated rings. The van der Waals surface area contributed by atoms with Crippen molar-refractivity contribution in [3.05, 3.63) is 42.5 Å². The number of para-hydroxylation sites is 1. The Balaban J connectivity index is 1.88. The molecule has 2 aromatic rings. The summed E-state index contributed by atoms with van der Waals surface area (Å²) in [6.07, 6.45) is 1.00. The summed E-state index contributed by atoms with van der Waals surface area (Å²) in [4.78, 5) is 0. The molecule has 0 aliphatic carbocycles. The lowest BCUT2D eigenvalue weighted by Crippen LogP contribution is -2.03. The van der Waals surface area contributed by atoms with Gasteiger partial charge in [0.15, 0.2) is 0 Å². The van der Waals surface area contributed by atoms with Crippen molar-refractivity contribution in [3.63, 3.8) is 0 Å². The van der Waals surface area contributed by atoms with Crippen LogP contribution in [0.25, 0.3) is 0 Å². The van der Waals surface area contributed by atoms with Gasteiger partial charge in [0, 0.05) is 12.1 Å². The van der Waals surface area contributed by atoms with Crippen LogP contribution in [-0.4, -0.2) is 16.8 Å². The number of hydrogen-bond acceptors (Lipinski definition) is 4. The van der Waals surface area contributed by atoms with Crippen LogP contribution in [0.2, 0.25) is 0 Å². The Morgan fingerprint density at radius 1 is 0.947 bits per heavy atom. The van der Waals surface area contributed by atoms with Gasteiger partial charge in [-0.05, 0) is 24.5 Å². The number of ether oxygens (including phenoxy) is 2. The van der Waals surface area contributed by atoms with Crippen LogP contribution in [0.1, 0.15) is 20.3 Å². The molecule has 1 aromatic heterocycles. The minimum absolute atomic E-state index is 0.461. The molecule has 0 saturated heterocycles. The molecule has 2 rings (SSSR count). The molecule has 100 valence electrons. The number of rotatable bonds is 6. The van der Waals surface area contributed by atoms with Gasteiger partial charge in [-0.1, -0.05) is 32.0 Å². The Morgan fingerprint density at radius 3 is 2.26 bits per heavy atom. The third-order valence-electron chi connectivity index (χ3n) is 2.53. The SMILES string of the molecule is CC(C)CCOc1ccc(Oc2ccccc2)nn1. The Morgan fingerprint density at radius 2 is 1.63 bits per heavy atom. The van der Waals surface area contributed by atoms with Crippen molar-refractivity contribution in [2.24, 2.45) is 5.92 Å². The fraction of sp³-hybridized carbons (Fsp3) is 0.333. The van der Waals surface area contributed by atoms with Gasteiger partial charge in [-0.15, -0.1) is 10.2 Å². The quantitative estimate of drug-likeness (QED) is 0.792. The summed E-state index contributed by atoms with van der Waals surface area (Å²) >= 11 is 0. The Labute approximate surface area is 113 Å². The fourth-order valence-corrected chi connectivity index (χ4v) is 1.45. The van der Waals surface area contributed by atoms with E-state index in [4.69, 9.17) is 9.47 Å². The second-order valence-electron chi connectivity index (χ2n) is 4.66. The molecule has 4 nitrogen and oxygen atoms in total. The van der Waals surface area contributed by atoms with Crippen molar-refractivity contribution in [2.45, 2.75) is 20.3 Å². The Bertz CT molecular complexity index is 483. The van der Waals surface area contributed by atoms with Crippen LogP contribution in [0.3, 0.4) is 0 Å². The molecule has 0 saturated carbocycles. The van der Waals surface area contributed by atoms with Gasteiger partial charge >= 0.3 is 0 Å². The predicted octanol–water partition coefficient (Wildman–Crippen LogP) is 3.69. The van der Waals surface area contributed by atoms with Crippen LogP contribution in [0.15, 0.2) is 42.5 Å². The van der Waals surface area contributed by atoms with Crippen LogP contribution < -0.4 is 9.47 Å². The molecule has 4 heteroatoms. The van der Waals surface area contributed by atoms with Crippen molar-refractivity contribution in [1.29, 1.82) is 0 Å². The van der Waals surface area contributed by atoms with E-state index in [1.807, 2.05) is 30.3 Å². The predicted molar refractivity (Wildman–Crippen MR) is 73.5 cm³/mol. The van der Waals surface area contributed by atoms with E-state index in [1.165, 1.54) is 0 Å². The van der Waals surface area contributed by atoms with Crippen LogP contribution in [0.4, 0.5) is 0 Å². The first kappa shape index (κ1) is 13.3. The highest BCUT2D eigenvalue weighted by molar-refractivity contribution is 5.26. The topological polar surface area (TPSA) is 44.2 Å². The summed E-state index contributed by atoms with van der Waals surface area (Å²) in [5.41, 5.74) is 0. The van der Waals surface area contributed by atoms with Gasteiger partial charge in [0.25, 0.3) is 0 Å². The van der Waals surface area contributed by atoms with Crippen molar-refractivity contribution >= 4 is 0 Å². The lowest BCUT2D eigenvalue weighted by molar-refractivity contribution is 0.275. The van der Waals surface area contributed by atoms with E-state index in [0.717, 1.165) is 12.2 Å². The Hall–Kier alpha value is -2.10. The van der Waals surface area contributed by atoms with Gasteiger partial charge in [0.05, 0.1) is 6.61 Å². The van der Waals surface area contributed by atoms with Gasteiger partial charge in [0.1, 0.15) is 5.75 Å². The van der Waals surface area contributed by atoms with Gasteiger partial charge < -0.3 is 9.47 Å². The van der Waals surface area contributed by atoms with E-state index in [1.54, 1.807) is 12.1 Å². The van der Waals surface area contributed by atoms with Gasteiger partial charge in [-0.25, -0.2) is 0 Å². The highest BCUT2D eigenvalue weighted by atomic mass is 16.5. The molecular weight excluding hydrogens is 240 g/mol. The summed E-state index contributed by atoms with van der Waals surface area (Å²) in [5, 5.41) is 7.95. The fourth-order valence-electron chi connectivity index (χ4n) is 1.45. The molecule has 1 aromatic carbocycles. The van der Waals surface area contributed by atoms with E-state index in [2.05, 4.69) is 24.0 Å². The lowest BCUT2D eigenvalue weighted by Gasteiger charge is -2.07. The van der Waals surface area contributed by atoms with E-state index >= 15 is 0 Å². The molecule has 0 N–H and O–H groups in total. The standard InChI is InChI=1S/C15H18N2O2/c1-12(2)10-11-18-14-8-9-15(17-16-14)19-13-6-4-3-5-7-13/h3-9,12H,10-11H2,1-2H3. The van der Waals surface area contributed by atoms with Crippen LogP contribution in [0.5, 0.6) is 17.5 Å². The van der Waals surface area contributed by atoms with E-state index in [9.17, 15) is 0 Å². The summed E-state index contributed by atoms with van der Waals surface area (Å²) in [5.74, 6) is 2.35. The molecule has 0 atom stereocenters. The number of nitrogens with zero attached hydrogens (tertiary/aromatic N) is 2. The average Bonchev–Trinajstić information content (AvgIpc) is 2.42. The highest BCUT2D eigenvalue weighted by Crippen LogP contribution is 2.19. The van der Waals surface area contributed by atoms with Crippen molar-refractivity contribution in [2.75, 3.05) is 6.61 Å². The van der Waals surface area contributed by atoms with E-state index < -0.39 is 0 Å². The second-order valence-corrected chi connectivity index (χ2v) is 4.66. The summed E-state index contributed by atoms with van der Waals surface area (Å²) < 4.78 is 11.0. The summed E-state index contributed by atoms with van der Waals surface area (Å²) in [6, 6.07) is 13.0. The highest BCUT2D eigenvalue weighted by Gasteiger charge is 2.01. The molecule has 1 heterocycles. The maximum atomic E-state index is 5.55. The van der Waals surface area contributed by atoms with Crippen molar-refractivity contribution in [1.82, 2.24) is 10.2 Å². The summed E-state index contributed by atoms with van der Waals surface area (Å²) in [6.45, 7) is 4.98. The first-order valence-corrected chi connectivity index (χ1v) is 6.43. The van der Waals surface area contributed by atoms with Gasteiger partial charge in [-0.2, -0.15) is 0 Å². The minimum Gasteiger partial charge on any atom is -0.477 e. The zero-order chi connectivity index (χ0) is 13.5. The van der Waals surface area contributed by atoms with Crippen LogP contribution in [-0.2, 0) is 0 Å². The molecule has 0 aliphatic heterocycles. The molecule has 0 unspecified atom stereocenters. The smallest absolute Gasteiger partial charge is 0.239 e. The molecule has 0 aliphatic rings. The monoisotopic (exact) mass is 258 g/mol. The third-order valence-corrected chi connectivity index (χ3v) is 2.53. The summed E-state index contributed by atoms with van der Waals surface area (Å²) in [7, 11) is 0.